The van der Waals surface area contributed by atoms with Crippen LogP contribution in [0.15, 0.2) is 18.3 Å². The number of aryl methyl sites for hydroxylation is 1. The lowest BCUT2D eigenvalue weighted by Crippen LogP contribution is -2.26. The van der Waals surface area contributed by atoms with E-state index in [0.717, 1.165) is 24.1 Å². The first-order valence-corrected chi connectivity index (χ1v) is 6.95. The summed E-state index contributed by atoms with van der Waals surface area (Å²) in [6, 6.07) is 4.16. The second kappa shape index (κ2) is 4.67. The molecule has 92 valence electrons. The van der Waals surface area contributed by atoms with Gasteiger partial charge in [0.15, 0.2) is 0 Å². The summed E-state index contributed by atoms with van der Waals surface area (Å²) in [5.74, 6) is 2.68. The van der Waals surface area contributed by atoms with Crippen LogP contribution in [0.5, 0.6) is 5.88 Å². The number of nitrogens with zero attached hydrogens (tertiary/aromatic N) is 1. The van der Waals surface area contributed by atoms with E-state index >= 15 is 0 Å². The van der Waals surface area contributed by atoms with E-state index in [4.69, 9.17) is 4.74 Å². The van der Waals surface area contributed by atoms with Crippen LogP contribution in [0.25, 0.3) is 0 Å². The Bertz CT molecular complexity index is 378. The summed E-state index contributed by atoms with van der Waals surface area (Å²) in [4.78, 5) is 4.33. The van der Waals surface area contributed by atoms with Crippen LogP contribution in [0.4, 0.5) is 0 Å². The first-order chi connectivity index (χ1) is 8.33. The average molecular weight is 231 g/mol. The SMILES string of the molecule is CCc1ccnc(O[C@@H]2C[C@@H]3CC[C@@H](C3)C2)c1. The lowest BCUT2D eigenvalue weighted by molar-refractivity contribution is 0.114. The molecular weight excluding hydrogens is 210 g/mol. The summed E-state index contributed by atoms with van der Waals surface area (Å²) < 4.78 is 6.07. The second-order valence-corrected chi connectivity index (χ2v) is 5.61. The minimum Gasteiger partial charge on any atom is -0.474 e. The van der Waals surface area contributed by atoms with Crippen molar-refractivity contribution in [3.63, 3.8) is 0 Å². The first kappa shape index (κ1) is 11.1. The lowest BCUT2D eigenvalue weighted by atomic mass is 9.87. The quantitative estimate of drug-likeness (QED) is 0.793. The van der Waals surface area contributed by atoms with Gasteiger partial charge in [-0.25, -0.2) is 4.98 Å². The Kier molecular flexibility index (Phi) is 3.04. The maximum Gasteiger partial charge on any atom is 0.213 e. The fraction of sp³-hybridized carbons (Fsp3) is 0.667. The molecule has 2 bridgehead atoms. The van der Waals surface area contributed by atoms with E-state index in [9.17, 15) is 0 Å². The summed E-state index contributed by atoms with van der Waals surface area (Å²) in [5.41, 5.74) is 1.31. The molecule has 0 amide bonds. The number of hydrogen-bond acceptors (Lipinski definition) is 2. The number of rotatable bonds is 3. The predicted octanol–water partition coefficient (Wildman–Crippen LogP) is 3.60. The molecule has 2 aliphatic carbocycles. The molecular formula is C15H21NO. The maximum atomic E-state index is 6.07. The van der Waals surface area contributed by atoms with Gasteiger partial charge in [-0.15, -0.1) is 0 Å². The van der Waals surface area contributed by atoms with Gasteiger partial charge in [-0.05, 0) is 49.1 Å². The van der Waals surface area contributed by atoms with E-state index in [0.29, 0.717) is 6.10 Å². The van der Waals surface area contributed by atoms with Crippen molar-refractivity contribution in [3.8, 4) is 5.88 Å². The van der Waals surface area contributed by atoms with Gasteiger partial charge in [0.25, 0.3) is 0 Å². The zero-order chi connectivity index (χ0) is 11.7. The van der Waals surface area contributed by atoms with Crippen molar-refractivity contribution in [2.24, 2.45) is 11.8 Å². The molecule has 3 rings (SSSR count). The van der Waals surface area contributed by atoms with Gasteiger partial charge in [-0.3, -0.25) is 0 Å². The van der Waals surface area contributed by atoms with E-state index in [2.05, 4.69) is 24.0 Å². The number of pyridine rings is 1. The van der Waals surface area contributed by atoms with Gasteiger partial charge in [0.05, 0.1) is 0 Å². The molecule has 0 N–H and O–H groups in total. The van der Waals surface area contributed by atoms with Crippen LogP contribution in [-0.2, 0) is 6.42 Å². The summed E-state index contributed by atoms with van der Waals surface area (Å²) in [6.45, 7) is 2.17. The van der Waals surface area contributed by atoms with Gasteiger partial charge >= 0.3 is 0 Å². The van der Waals surface area contributed by atoms with Gasteiger partial charge in [0.1, 0.15) is 6.10 Å². The van der Waals surface area contributed by atoms with E-state index < -0.39 is 0 Å². The lowest BCUT2D eigenvalue weighted by Gasteiger charge is -2.27. The molecule has 2 fully saturated rings. The Labute approximate surface area is 103 Å². The van der Waals surface area contributed by atoms with Crippen LogP contribution < -0.4 is 4.74 Å². The Morgan fingerprint density at radius 1 is 1.24 bits per heavy atom. The molecule has 17 heavy (non-hydrogen) atoms. The zero-order valence-electron chi connectivity index (χ0n) is 10.6. The van der Waals surface area contributed by atoms with E-state index in [1.54, 1.807) is 0 Å². The number of ether oxygens (including phenoxy) is 1. The summed E-state index contributed by atoms with van der Waals surface area (Å²) in [5, 5.41) is 0. The molecule has 2 heteroatoms. The summed E-state index contributed by atoms with van der Waals surface area (Å²) in [7, 11) is 0. The maximum absolute atomic E-state index is 6.07. The van der Waals surface area contributed by atoms with E-state index in [1.165, 1.54) is 37.7 Å². The van der Waals surface area contributed by atoms with Gasteiger partial charge in [0.2, 0.25) is 5.88 Å². The molecule has 2 nitrogen and oxygen atoms in total. The Hall–Kier alpha value is -1.05. The monoisotopic (exact) mass is 231 g/mol. The van der Waals surface area contributed by atoms with Gasteiger partial charge in [0, 0.05) is 12.3 Å². The highest BCUT2D eigenvalue weighted by Gasteiger charge is 2.35. The molecule has 2 aliphatic rings. The standard InChI is InChI=1S/C15H21NO/c1-2-11-5-6-16-15(10-11)17-14-8-12-3-4-13(7-12)9-14/h5-6,10,12-14H,2-4,7-9H2,1H3/t12-,13+,14-. The third kappa shape index (κ3) is 2.46. The van der Waals surface area contributed by atoms with Crippen molar-refractivity contribution >= 4 is 0 Å². The Balaban J connectivity index is 1.66. The molecule has 1 aromatic heterocycles. The Morgan fingerprint density at radius 2 is 2.00 bits per heavy atom. The van der Waals surface area contributed by atoms with Crippen molar-refractivity contribution in [2.45, 2.75) is 51.6 Å². The minimum atomic E-state index is 0.417. The number of aromatic nitrogens is 1. The zero-order valence-corrected chi connectivity index (χ0v) is 10.6. The first-order valence-electron chi connectivity index (χ1n) is 6.95. The van der Waals surface area contributed by atoms with Gasteiger partial charge in [-0.1, -0.05) is 19.8 Å². The topological polar surface area (TPSA) is 22.1 Å². The van der Waals surface area contributed by atoms with E-state index in [1.807, 2.05) is 6.20 Å². The van der Waals surface area contributed by atoms with Crippen LogP contribution >= 0.6 is 0 Å². The molecule has 0 spiro atoms. The summed E-state index contributed by atoms with van der Waals surface area (Å²) >= 11 is 0. The van der Waals surface area contributed by atoms with Crippen LogP contribution in [0.2, 0.25) is 0 Å². The highest BCUT2D eigenvalue weighted by atomic mass is 16.5. The average Bonchev–Trinajstić information content (AvgIpc) is 2.69. The van der Waals surface area contributed by atoms with Crippen LogP contribution in [-0.4, -0.2) is 11.1 Å². The summed E-state index contributed by atoms with van der Waals surface area (Å²) in [6.07, 6.45) is 10.1. The second-order valence-electron chi connectivity index (χ2n) is 5.61. The molecule has 3 atom stereocenters. The van der Waals surface area contributed by atoms with Crippen molar-refractivity contribution in [1.82, 2.24) is 4.98 Å². The van der Waals surface area contributed by atoms with Crippen molar-refractivity contribution in [2.75, 3.05) is 0 Å². The minimum absolute atomic E-state index is 0.417. The van der Waals surface area contributed by atoms with Gasteiger partial charge in [-0.2, -0.15) is 0 Å². The molecule has 0 saturated heterocycles. The third-order valence-electron chi connectivity index (χ3n) is 4.34. The van der Waals surface area contributed by atoms with Crippen LogP contribution in [0.1, 0.15) is 44.6 Å². The normalized spacial score (nSPS) is 31.5. The van der Waals surface area contributed by atoms with Crippen molar-refractivity contribution in [1.29, 1.82) is 0 Å². The van der Waals surface area contributed by atoms with Crippen molar-refractivity contribution in [3.05, 3.63) is 23.9 Å². The highest BCUT2D eigenvalue weighted by Crippen LogP contribution is 2.42. The molecule has 0 aliphatic heterocycles. The number of hydrogen-bond donors (Lipinski definition) is 0. The van der Waals surface area contributed by atoms with E-state index in [-0.39, 0.29) is 0 Å². The van der Waals surface area contributed by atoms with Gasteiger partial charge < -0.3 is 4.74 Å². The molecule has 1 aromatic rings. The predicted molar refractivity (Wildman–Crippen MR) is 68.1 cm³/mol. The fourth-order valence-corrected chi connectivity index (χ4v) is 3.45. The van der Waals surface area contributed by atoms with Crippen molar-refractivity contribution < 1.29 is 4.74 Å². The van der Waals surface area contributed by atoms with Crippen LogP contribution in [0.3, 0.4) is 0 Å². The fourth-order valence-electron chi connectivity index (χ4n) is 3.45. The molecule has 0 unspecified atom stereocenters. The molecule has 2 saturated carbocycles. The number of fused-ring (bicyclic) bond motifs is 2. The smallest absolute Gasteiger partial charge is 0.213 e. The van der Waals surface area contributed by atoms with Crippen LogP contribution in [0, 0.1) is 11.8 Å². The Morgan fingerprint density at radius 3 is 2.71 bits per heavy atom. The molecule has 0 aromatic carbocycles. The largest absolute Gasteiger partial charge is 0.474 e. The molecule has 1 heterocycles. The molecule has 0 radical (unpaired) electrons. The third-order valence-corrected chi connectivity index (χ3v) is 4.34. The highest BCUT2D eigenvalue weighted by molar-refractivity contribution is 5.20.